The first-order valence-electron chi connectivity index (χ1n) is 0. The van der Waals surface area contributed by atoms with E-state index in [0.29, 0.717) is 0 Å². The number of rotatable bonds is 0. The van der Waals surface area contributed by atoms with Crippen molar-refractivity contribution < 1.29 is 79.6 Å². The molecule has 0 aliphatic heterocycles. The first-order chi connectivity index (χ1) is 0. The van der Waals surface area contributed by atoms with Crippen LogP contribution in [0.2, 0.25) is 0 Å². The zero-order valence-corrected chi connectivity index (χ0v) is 7.07. The summed E-state index contributed by atoms with van der Waals surface area (Å²) in [6.45, 7) is 0. The van der Waals surface area contributed by atoms with Crippen LogP contribution in [0, 0.1) is 0 Å². The van der Waals surface area contributed by atoms with Crippen LogP contribution in [-0.4, -0.2) is 38.3 Å². The van der Waals surface area contributed by atoms with Crippen LogP contribution < -0.4 is 24.8 Å². The third-order valence-electron chi connectivity index (χ3n) is 0. The molecule has 0 saturated heterocycles. The Hall–Kier alpha value is 0.794. The van der Waals surface area contributed by atoms with Gasteiger partial charge in [-0.2, -0.15) is 0 Å². The maximum atomic E-state index is 0. The molecule has 7 nitrogen and oxygen atoms in total. The second-order valence-electron chi connectivity index (χ2n) is 0. The van der Waals surface area contributed by atoms with Gasteiger partial charge in [0, 0.05) is 0 Å². The molecule has 0 amide bonds. The Labute approximate surface area is 80.1 Å². The molecule has 0 atom stereocenters. The minimum atomic E-state index is 0. The van der Waals surface area contributed by atoms with Gasteiger partial charge < -0.3 is 63.1 Å². The molecule has 0 radical (unpaired) electrons. The Morgan fingerprint density at radius 1 is 0.300 bits per heavy atom. The summed E-state index contributed by atoms with van der Waals surface area (Å²) in [6, 6.07) is 0. The molecule has 0 aliphatic carbocycles. The molecule has 80 valence electrons. The molecule has 0 bridgehead atoms. The standard InChI is InChI=1S/2ClH.Ni.7H2O/h2*1H;;7*1H2/q;;+2;;;;;;;/p-2. The second-order valence-corrected chi connectivity index (χ2v) is 0. The molecule has 0 heterocycles. The van der Waals surface area contributed by atoms with E-state index in [1.807, 2.05) is 0 Å². The smallest absolute Gasteiger partial charge is 1.00 e. The molecular weight excluding hydrogens is 242 g/mol. The number of hydrogen-bond acceptors (Lipinski definition) is 0. The van der Waals surface area contributed by atoms with E-state index in [2.05, 4.69) is 0 Å². The van der Waals surface area contributed by atoms with Crippen molar-refractivity contribution in [2.24, 2.45) is 0 Å². The fourth-order valence-electron chi connectivity index (χ4n) is 0. The summed E-state index contributed by atoms with van der Waals surface area (Å²) in [4.78, 5) is 0. The van der Waals surface area contributed by atoms with Gasteiger partial charge in [-0.1, -0.05) is 0 Å². The molecule has 10 heteroatoms. The molecule has 0 saturated carbocycles. The van der Waals surface area contributed by atoms with Crippen LogP contribution in [0.4, 0.5) is 0 Å². The van der Waals surface area contributed by atoms with E-state index in [0.717, 1.165) is 0 Å². The largest absolute Gasteiger partial charge is 2.00 e. The summed E-state index contributed by atoms with van der Waals surface area (Å²) in [7, 11) is 0. The quantitative estimate of drug-likeness (QED) is 0.368. The minimum Gasteiger partial charge on any atom is -1.00 e. The van der Waals surface area contributed by atoms with E-state index < -0.39 is 0 Å². The molecule has 10 heavy (non-hydrogen) atoms. The third-order valence-corrected chi connectivity index (χ3v) is 0. The SMILES string of the molecule is O.O.O.O.O.O.O.[Cl-].[Cl-].[Ni+2]. The average molecular weight is 256 g/mol. The molecule has 0 fully saturated rings. The van der Waals surface area contributed by atoms with Gasteiger partial charge in [0.2, 0.25) is 0 Å². The average Bonchev–Trinajstić information content (AvgIpc) is 0. The van der Waals surface area contributed by atoms with Gasteiger partial charge in [0.05, 0.1) is 0 Å². The van der Waals surface area contributed by atoms with Gasteiger partial charge in [-0.25, -0.2) is 0 Å². The fourth-order valence-corrected chi connectivity index (χ4v) is 0. The molecule has 0 unspecified atom stereocenters. The van der Waals surface area contributed by atoms with Crippen molar-refractivity contribution in [3.8, 4) is 0 Å². The normalized spacial score (nSPS) is 0. The minimum absolute atomic E-state index is 0. The van der Waals surface area contributed by atoms with E-state index in [1.165, 1.54) is 0 Å². The van der Waals surface area contributed by atoms with Crippen molar-refractivity contribution in [2.45, 2.75) is 0 Å². The second kappa shape index (κ2) is 1200. The van der Waals surface area contributed by atoms with Crippen LogP contribution >= 0.6 is 0 Å². The van der Waals surface area contributed by atoms with Crippen molar-refractivity contribution in [1.82, 2.24) is 0 Å². The van der Waals surface area contributed by atoms with Crippen molar-refractivity contribution >= 4 is 0 Å². The van der Waals surface area contributed by atoms with E-state index >= 15 is 0 Å². The summed E-state index contributed by atoms with van der Waals surface area (Å²) in [5, 5.41) is 0. The zero-order chi connectivity index (χ0) is 0. The molecule has 0 aliphatic rings. The maximum absolute atomic E-state index is 0. The van der Waals surface area contributed by atoms with Gasteiger partial charge in [-0.05, 0) is 0 Å². The molecule has 0 aromatic heterocycles. The van der Waals surface area contributed by atoms with E-state index in [4.69, 9.17) is 0 Å². The van der Waals surface area contributed by atoms with Crippen molar-refractivity contribution in [3.05, 3.63) is 0 Å². The molecule has 0 spiro atoms. The Morgan fingerprint density at radius 3 is 0.300 bits per heavy atom. The van der Waals surface area contributed by atoms with Crippen LogP contribution in [-0.2, 0) is 16.5 Å². The Bertz CT molecular complexity index is 11.6. The van der Waals surface area contributed by atoms with Crippen molar-refractivity contribution in [1.29, 1.82) is 0 Å². The van der Waals surface area contributed by atoms with Gasteiger partial charge in [0.25, 0.3) is 0 Å². The first kappa shape index (κ1) is 1640. The topological polar surface area (TPSA) is 220 Å². The Morgan fingerprint density at radius 2 is 0.300 bits per heavy atom. The van der Waals surface area contributed by atoms with Gasteiger partial charge in [-0.3, -0.25) is 0 Å². The maximum Gasteiger partial charge on any atom is 2.00 e. The van der Waals surface area contributed by atoms with Gasteiger partial charge in [0.1, 0.15) is 0 Å². The summed E-state index contributed by atoms with van der Waals surface area (Å²) >= 11 is 0. The molecule has 0 rings (SSSR count). The Kier molecular flexibility index (Phi) is 198000. The van der Waals surface area contributed by atoms with E-state index in [9.17, 15) is 0 Å². The van der Waals surface area contributed by atoms with Crippen LogP contribution in [0.15, 0.2) is 0 Å². The number of halogens is 2. The van der Waals surface area contributed by atoms with Gasteiger partial charge >= 0.3 is 16.5 Å². The van der Waals surface area contributed by atoms with Crippen LogP contribution in [0.5, 0.6) is 0 Å². The van der Waals surface area contributed by atoms with E-state index in [1.54, 1.807) is 0 Å². The summed E-state index contributed by atoms with van der Waals surface area (Å²) in [5.41, 5.74) is 0. The third kappa shape index (κ3) is 848. The number of hydrogen-bond donors (Lipinski definition) is 0. The molecule has 14 N–H and O–H groups in total. The van der Waals surface area contributed by atoms with Crippen LogP contribution in [0.3, 0.4) is 0 Å². The first-order valence-corrected chi connectivity index (χ1v) is 0. The van der Waals surface area contributed by atoms with Crippen LogP contribution in [0.25, 0.3) is 0 Å². The zero-order valence-electron chi connectivity index (χ0n) is 4.57. The molecule has 0 aromatic rings. The predicted octanol–water partition coefficient (Wildman–Crippen LogP) is -11.8. The van der Waals surface area contributed by atoms with E-state index in [-0.39, 0.29) is 79.6 Å². The predicted molar refractivity (Wildman–Crippen MR) is 25.3 cm³/mol. The summed E-state index contributed by atoms with van der Waals surface area (Å²) in [6.07, 6.45) is 0. The van der Waals surface area contributed by atoms with Crippen LogP contribution in [0.1, 0.15) is 0 Å². The van der Waals surface area contributed by atoms with Crippen molar-refractivity contribution in [3.63, 3.8) is 0 Å². The summed E-state index contributed by atoms with van der Waals surface area (Å²) in [5.74, 6) is 0. The monoisotopic (exact) mass is 254 g/mol. The van der Waals surface area contributed by atoms with Gasteiger partial charge in [0.15, 0.2) is 0 Å². The summed E-state index contributed by atoms with van der Waals surface area (Å²) < 4.78 is 0. The van der Waals surface area contributed by atoms with Crippen molar-refractivity contribution in [2.75, 3.05) is 0 Å². The fraction of sp³-hybridized carbons (Fsp3) is 0. The molecule has 0 aromatic carbocycles. The Balaban J connectivity index is 0. The molecular formula is H14Cl2NiO7. The van der Waals surface area contributed by atoms with Gasteiger partial charge in [-0.15, -0.1) is 0 Å².